The molecule has 21 heteroatoms. The van der Waals surface area contributed by atoms with Gasteiger partial charge in [0.25, 0.3) is 23.6 Å². The molecule has 5 aromatic carbocycles. The lowest BCUT2D eigenvalue weighted by Crippen LogP contribution is -2.32. The van der Waals surface area contributed by atoms with Crippen molar-refractivity contribution in [2.75, 3.05) is 27.1 Å². The number of para-hydroxylation sites is 2. The molecule has 0 saturated carbocycles. The van der Waals surface area contributed by atoms with E-state index in [9.17, 15) is 28.8 Å². The Morgan fingerprint density at radius 2 is 0.952 bits per heavy atom. The van der Waals surface area contributed by atoms with Crippen LogP contribution in [0, 0.1) is 0 Å². The number of amides is 4. The Hall–Kier alpha value is -5.45. The number of nitrogens with zero attached hydrogens (tertiary/aromatic N) is 4. The van der Waals surface area contributed by atoms with Crippen LogP contribution in [0.3, 0.4) is 0 Å². The third kappa shape index (κ3) is 12.8. The molecule has 2 atom stereocenters. The normalized spacial score (nSPS) is 12.1. The fourth-order valence-electron chi connectivity index (χ4n) is 5.46. The molecule has 63 heavy (non-hydrogen) atoms. The van der Waals surface area contributed by atoms with Crippen molar-refractivity contribution < 1.29 is 28.8 Å². The van der Waals surface area contributed by atoms with Gasteiger partial charge in [-0.25, -0.2) is 0 Å². The second-order valence-corrected chi connectivity index (χ2v) is 16.0. The number of hydrogen-bond donors (Lipinski definition) is 4. The fraction of sp³-hybridized carbons (Fsp3) is 0.143. The molecule has 4 N–H and O–H groups in total. The number of nitrogens with one attached hydrogen (secondary N) is 4. The van der Waals surface area contributed by atoms with Crippen molar-refractivity contribution in [1.29, 1.82) is 0 Å². The molecule has 0 radical (unpaired) electrons. The number of halogens is 7. The van der Waals surface area contributed by atoms with Crippen LogP contribution >= 0.6 is 81.2 Å². The van der Waals surface area contributed by atoms with Gasteiger partial charge in [0.2, 0.25) is 12.1 Å². The molecule has 2 unspecified atom stereocenters. The van der Waals surface area contributed by atoms with Crippen molar-refractivity contribution >= 4 is 151 Å². The predicted molar refractivity (Wildman–Crippen MR) is 248 cm³/mol. The first kappa shape index (κ1) is 48.6. The Bertz CT molecular complexity index is 2660. The van der Waals surface area contributed by atoms with Gasteiger partial charge in [0.1, 0.15) is 11.4 Å². The summed E-state index contributed by atoms with van der Waals surface area (Å²) in [5, 5.41) is 27.4. The average molecular weight is 992 g/mol. The van der Waals surface area contributed by atoms with Crippen LogP contribution in [-0.2, 0) is 25.6 Å². The van der Waals surface area contributed by atoms with Gasteiger partial charge < -0.3 is 21.3 Å². The van der Waals surface area contributed by atoms with Gasteiger partial charge in [-0.15, -0.1) is 11.6 Å². The summed E-state index contributed by atoms with van der Waals surface area (Å²) in [6, 6.07) is 18.8. The summed E-state index contributed by atoms with van der Waals surface area (Å²) < 4.78 is 0. The first-order valence-electron chi connectivity index (χ1n) is 18.2. The molecule has 0 spiro atoms. The molecule has 0 saturated heterocycles. The van der Waals surface area contributed by atoms with E-state index in [1.165, 1.54) is 54.6 Å². The minimum atomic E-state index is -1.64. The maximum Gasteiger partial charge on any atom is 0.258 e. The molecule has 0 bridgehead atoms. The molecule has 0 fully saturated rings. The molecule has 0 aliphatic heterocycles. The van der Waals surface area contributed by atoms with E-state index in [1.54, 1.807) is 36.4 Å². The first-order chi connectivity index (χ1) is 30.0. The van der Waals surface area contributed by atoms with Crippen LogP contribution < -0.4 is 21.3 Å². The highest BCUT2D eigenvalue weighted by Gasteiger charge is 2.26. The number of rotatable bonds is 16. The number of Topliss-reactive ketones (excluding diaryl/α,β-unsaturated/α-hetero) is 2. The van der Waals surface area contributed by atoms with E-state index in [-0.39, 0.29) is 87.7 Å². The Labute approximate surface area is 394 Å². The minimum Gasteiger partial charge on any atom is -0.324 e. The second-order valence-electron chi connectivity index (χ2n) is 13.2. The van der Waals surface area contributed by atoms with Crippen LogP contribution in [0.1, 0.15) is 40.1 Å². The zero-order chi connectivity index (χ0) is 46.0. The molecule has 0 aromatic heterocycles. The Morgan fingerprint density at radius 1 is 0.524 bits per heavy atom. The molecule has 0 aliphatic carbocycles. The highest BCUT2D eigenvalue weighted by atomic mass is 35.5. The van der Waals surface area contributed by atoms with Crippen LogP contribution in [0.25, 0.3) is 0 Å². The standard InChI is InChI=1S/C42H31Cl7N8O6/c1-20(58)35(56-54-33-18-23(9-12-26(33)44)39(60)52-37-28(46)5-3-6-29(37)47)41(62)50-25-11-14-32(22(17-25)15-16-43)51-42(63)36(21(2)59)57-55-34-19-24(10-13-27(34)45)40(61)53-38-30(48)7-4-8-31(38)49/h3-14,17-19,35-36H,15-16H2,1-2H3,(H,50,62)(H,51,63)(H,52,60)(H,53,61). The maximum atomic E-state index is 13.5. The summed E-state index contributed by atoms with van der Waals surface area (Å²) in [6.07, 6.45) is 0.192. The van der Waals surface area contributed by atoms with Crippen LogP contribution in [0.2, 0.25) is 30.1 Å². The van der Waals surface area contributed by atoms with E-state index in [2.05, 4.69) is 41.7 Å². The molecule has 324 valence electrons. The van der Waals surface area contributed by atoms with Crippen molar-refractivity contribution in [3.05, 3.63) is 138 Å². The number of alkyl halides is 1. The number of aryl methyl sites for hydroxylation is 1. The van der Waals surface area contributed by atoms with E-state index in [0.29, 0.717) is 5.56 Å². The number of benzene rings is 5. The second kappa shape index (κ2) is 22.3. The predicted octanol–water partition coefficient (Wildman–Crippen LogP) is 12.3. The summed E-state index contributed by atoms with van der Waals surface area (Å²) >= 11 is 43.4. The quantitative estimate of drug-likeness (QED) is 0.0430. The highest BCUT2D eigenvalue weighted by molar-refractivity contribution is 6.41. The molecule has 5 rings (SSSR count). The number of carbonyl (C=O) groups is 6. The first-order valence-corrected chi connectivity index (χ1v) is 21.0. The third-order valence-electron chi connectivity index (χ3n) is 8.64. The number of ketones is 2. The number of azo groups is 2. The Balaban J connectivity index is 1.29. The van der Waals surface area contributed by atoms with Crippen LogP contribution in [0.15, 0.2) is 111 Å². The molecular formula is C42H31Cl7N8O6. The lowest BCUT2D eigenvalue weighted by atomic mass is 10.1. The van der Waals surface area contributed by atoms with E-state index < -0.39 is 47.3 Å². The van der Waals surface area contributed by atoms with Gasteiger partial charge >= 0.3 is 0 Å². The lowest BCUT2D eigenvalue weighted by Gasteiger charge is -2.15. The topological polar surface area (TPSA) is 200 Å². The van der Waals surface area contributed by atoms with E-state index in [0.717, 1.165) is 13.8 Å². The van der Waals surface area contributed by atoms with E-state index >= 15 is 0 Å². The highest BCUT2D eigenvalue weighted by Crippen LogP contribution is 2.34. The van der Waals surface area contributed by atoms with Crippen molar-refractivity contribution in [2.24, 2.45) is 20.5 Å². The van der Waals surface area contributed by atoms with Gasteiger partial charge in [0.15, 0.2) is 11.6 Å². The summed E-state index contributed by atoms with van der Waals surface area (Å²) in [7, 11) is 0. The van der Waals surface area contributed by atoms with Crippen molar-refractivity contribution in [3.8, 4) is 0 Å². The summed E-state index contributed by atoms with van der Waals surface area (Å²) in [4.78, 5) is 78.1. The molecular weight excluding hydrogens is 961 g/mol. The number of carbonyl (C=O) groups excluding carboxylic acids is 6. The molecule has 0 aliphatic rings. The number of anilines is 4. The van der Waals surface area contributed by atoms with Gasteiger partial charge in [-0.2, -0.15) is 20.5 Å². The minimum absolute atomic E-state index is 0.0131. The molecule has 4 amide bonds. The summed E-state index contributed by atoms with van der Waals surface area (Å²) in [5.41, 5.74) is 1.43. The van der Waals surface area contributed by atoms with Gasteiger partial charge in [0.05, 0.1) is 41.5 Å². The van der Waals surface area contributed by atoms with Gasteiger partial charge in [-0.3, -0.25) is 28.8 Å². The van der Waals surface area contributed by atoms with Crippen molar-refractivity contribution in [1.82, 2.24) is 0 Å². The zero-order valence-corrected chi connectivity index (χ0v) is 37.9. The molecule has 0 heterocycles. The van der Waals surface area contributed by atoms with E-state index in [1.807, 2.05) is 0 Å². The monoisotopic (exact) mass is 988 g/mol. The maximum absolute atomic E-state index is 13.5. The lowest BCUT2D eigenvalue weighted by molar-refractivity contribution is -0.127. The third-order valence-corrected chi connectivity index (χ3v) is 10.7. The van der Waals surface area contributed by atoms with Crippen LogP contribution in [-0.4, -0.2) is 53.2 Å². The Morgan fingerprint density at radius 3 is 1.37 bits per heavy atom. The SMILES string of the molecule is CC(=O)C(N=Nc1cc(C(=O)Nc2c(Cl)cccc2Cl)ccc1Cl)C(=O)Nc1ccc(NC(=O)C(N=Nc2cc(C(=O)Nc3c(Cl)cccc3Cl)ccc2Cl)C(C)=O)c(CCCl)c1. The zero-order valence-electron chi connectivity index (χ0n) is 32.6. The Kier molecular flexibility index (Phi) is 17.2. The number of hydrogen-bond acceptors (Lipinski definition) is 10. The van der Waals surface area contributed by atoms with E-state index in [4.69, 9.17) is 81.2 Å². The fourth-order valence-corrected chi connectivity index (χ4v) is 6.96. The largest absolute Gasteiger partial charge is 0.324 e. The molecule has 5 aromatic rings. The smallest absolute Gasteiger partial charge is 0.258 e. The molecule has 14 nitrogen and oxygen atoms in total. The van der Waals surface area contributed by atoms with Crippen molar-refractivity contribution in [2.45, 2.75) is 32.4 Å². The average Bonchev–Trinajstić information content (AvgIpc) is 3.22. The van der Waals surface area contributed by atoms with Crippen molar-refractivity contribution in [3.63, 3.8) is 0 Å². The van der Waals surface area contributed by atoms with Crippen LogP contribution in [0.4, 0.5) is 34.1 Å². The van der Waals surface area contributed by atoms with Gasteiger partial charge in [-0.1, -0.05) is 81.7 Å². The summed E-state index contributed by atoms with van der Waals surface area (Å²) in [5.74, 6) is -4.15. The summed E-state index contributed by atoms with van der Waals surface area (Å²) in [6.45, 7) is 2.28. The van der Waals surface area contributed by atoms with Crippen LogP contribution in [0.5, 0.6) is 0 Å². The van der Waals surface area contributed by atoms with Gasteiger partial charge in [-0.05, 0) is 105 Å². The van der Waals surface area contributed by atoms with Gasteiger partial charge in [0, 0.05) is 28.4 Å².